The molecule has 0 radical (unpaired) electrons. The zero-order chi connectivity index (χ0) is 21.1. The summed E-state index contributed by atoms with van der Waals surface area (Å²) in [4.78, 5) is 12.8. The van der Waals surface area contributed by atoms with Gasteiger partial charge in [0.05, 0.1) is 18.1 Å². The molecule has 1 fully saturated rings. The van der Waals surface area contributed by atoms with Gasteiger partial charge in [-0.05, 0) is 44.0 Å². The van der Waals surface area contributed by atoms with Crippen molar-refractivity contribution in [2.75, 3.05) is 31.6 Å². The fraction of sp³-hybridized carbons (Fsp3) is 0.409. The van der Waals surface area contributed by atoms with E-state index in [-0.39, 0.29) is 16.7 Å². The van der Waals surface area contributed by atoms with Crippen molar-refractivity contribution in [3.63, 3.8) is 0 Å². The molecule has 0 unspecified atom stereocenters. The summed E-state index contributed by atoms with van der Waals surface area (Å²) in [5, 5.41) is 2.93. The smallest absolute Gasteiger partial charge is 0.243 e. The first-order valence-corrected chi connectivity index (χ1v) is 11.6. The number of anilines is 1. The molecule has 1 saturated heterocycles. The lowest BCUT2D eigenvalue weighted by molar-refractivity contribution is -0.120. The fourth-order valence-electron chi connectivity index (χ4n) is 3.69. The van der Waals surface area contributed by atoms with Crippen molar-refractivity contribution in [1.82, 2.24) is 4.31 Å². The van der Waals surface area contributed by atoms with Gasteiger partial charge in [-0.15, -0.1) is 0 Å². The van der Waals surface area contributed by atoms with Gasteiger partial charge in [0.1, 0.15) is 0 Å². The highest BCUT2D eigenvalue weighted by Crippen LogP contribution is 2.34. The molecule has 160 valence electrons. The van der Waals surface area contributed by atoms with Crippen LogP contribution in [0.4, 0.5) is 5.69 Å². The molecule has 2 aromatic rings. The Labute approximate surface area is 177 Å². The molecule has 0 aromatic heterocycles. The number of carbonyl (C=O) groups is 1. The number of piperidine rings is 1. The Kier molecular flexibility index (Phi) is 5.97. The van der Waals surface area contributed by atoms with E-state index in [1.807, 2.05) is 31.2 Å². The molecule has 0 spiro atoms. The maximum absolute atomic E-state index is 13.1. The van der Waals surface area contributed by atoms with E-state index in [0.29, 0.717) is 50.6 Å². The first-order valence-electron chi connectivity index (χ1n) is 10.2. The fourth-order valence-corrected chi connectivity index (χ4v) is 5.18. The molecule has 2 aliphatic heterocycles. The molecule has 0 aliphatic carbocycles. The van der Waals surface area contributed by atoms with Gasteiger partial charge in [0, 0.05) is 37.2 Å². The molecule has 2 aromatic carbocycles. The minimum absolute atomic E-state index is 0.0634. The Hall–Kier alpha value is -2.58. The first kappa shape index (κ1) is 20.7. The summed E-state index contributed by atoms with van der Waals surface area (Å²) in [6.45, 7) is 3.66. The Morgan fingerprint density at radius 2 is 1.67 bits per heavy atom. The van der Waals surface area contributed by atoms with E-state index in [4.69, 9.17) is 9.47 Å². The molecule has 0 atom stereocenters. The standard InChI is InChI=1S/C22H26N2O5S/c1-16-3-5-18(6-4-16)23-22(25)17-9-11-24(12-10-17)30(26,27)19-7-8-20-21(15-19)29-14-2-13-28-20/h3-8,15,17H,2,9-14H2,1H3,(H,23,25). The van der Waals surface area contributed by atoms with Gasteiger partial charge < -0.3 is 14.8 Å². The van der Waals surface area contributed by atoms with Gasteiger partial charge in [0.15, 0.2) is 11.5 Å². The molecule has 30 heavy (non-hydrogen) atoms. The maximum atomic E-state index is 13.1. The van der Waals surface area contributed by atoms with Crippen molar-refractivity contribution >= 4 is 21.6 Å². The van der Waals surface area contributed by atoms with Crippen LogP contribution in [0.1, 0.15) is 24.8 Å². The van der Waals surface area contributed by atoms with Crippen LogP contribution in [0, 0.1) is 12.8 Å². The van der Waals surface area contributed by atoms with Crippen LogP contribution >= 0.6 is 0 Å². The third kappa shape index (κ3) is 4.44. The van der Waals surface area contributed by atoms with Crippen molar-refractivity contribution in [3.05, 3.63) is 48.0 Å². The van der Waals surface area contributed by atoms with Crippen LogP contribution < -0.4 is 14.8 Å². The molecule has 0 bridgehead atoms. The van der Waals surface area contributed by atoms with Gasteiger partial charge in [0.25, 0.3) is 0 Å². The van der Waals surface area contributed by atoms with Gasteiger partial charge in [-0.25, -0.2) is 8.42 Å². The molecule has 4 rings (SSSR count). The SMILES string of the molecule is Cc1ccc(NC(=O)C2CCN(S(=O)(=O)c3ccc4c(c3)OCCCO4)CC2)cc1. The largest absolute Gasteiger partial charge is 0.490 e. The second-order valence-electron chi connectivity index (χ2n) is 7.69. The quantitative estimate of drug-likeness (QED) is 0.805. The number of amides is 1. The third-order valence-corrected chi connectivity index (χ3v) is 7.40. The van der Waals surface area contributed by atoms with E-state index in [2.05, 4.69) is 5.32 Å². The Morgan fingerprint density at radius 1 is 1.00 bits per heavy atom. The van der Waals surface area contributed by atoms with Gasteiger partial charge >= 0.3 is 0 Å². The number of rotatable bonds is 4. The van der Waals surface area contributed by atoms with E-state index in [1.165, 1.54) is 10.4 Å². The van der Waals surface area contributed by atoms with Crippen molar-refractivity contribution < 1.29 is 22.7 Å². The lowest BCUT2D eigenvalue weighted by atomic mass is 9.97. The number of nitrogens with zero attached hydrogens (tertiary/aromatic N) is 1. The molecular formula is C22H26N2O5S. The zero-order valence-corrected chi connectivity index (χ0v) is 17.8. The number of carbonyl (C=O) groups excluding carboxylic acids is 1. The van der Waals surface area contributed by atoms with Crippen LogP contribution in [0.2, 0.25) is 0 Å². The summed E-state index contributed by atoms with van der Waals surface area (Å²) < 4.78 is 38.8. The Balaban J connectivity index is 1.40. The Morgan fingerprint density at radius 3 is 2.37 bits per heavy atom. The van der Waals surface area contributed by atoms with Crippen molar-refractivity contribution in [1.29, 1.82) is 0 Å². The Bertz CT molecular complexity index is 1010. The molecule has 7 nitrogen and oxygen atoms in total. The number of sulfonamides is 1. The molecule has 0 saturated carbocycles. The van der Waals surface area contributed by atoms with Gasteiger partial charge in [-0.1, -0.05) is 17.7 Å². The summed E-state index contributed by atoms with van der Waals surface area (Å²) in [7, 11) is -3.65. The highest BCUT2D eigenvalue weighted by atomic mass is 32.2. The maximum Gasteiger partial charge on any atom is 0.243 e. The lowest BCUT2D eigenvalue weighted by Gasteiger charge is -2.30. The average molecular weight is 431 g/mol. The number of hydrogen-bond donors (Lipinski definition) is 1. The van der Waals surface area contributed by atoms with E-state index < -0.39 is 10.0 Å². The van der Waals surface area contributed by atoms with Crippen molar-refractivity contribution in [3.8, 4) is 11.5 Å². The number of nitrogens with one attached hydrogen (secondary N) is 1. The number of aryl methyl sites for hydroxylation is 1. The molecule has 2 aliphatic rings. The van der Waals surface area contributed by atoms with Crippen LogP contribution in [-0.4, -0.2) is 44.9 Å². The van der Waals surface area contributed by atoms with E-state index >= 15 is 0 Å². The van der Waals surface area contributed by atoms with E-state index in [1.54, 1.807) is 12.1 Å². The lowest BCUT2D eigenvalue weighted by Crippen LogP contribution is -2.41. The van der Waals surface area contributed by atoms with Crippen molar-refractivity contribution in [2.24, 2.45) is 5.92 Å². The summed E-state index contributed by atoms with van der Waals surface area (Å²) >= 11 is 0. The molecule has 8 heteroatoms. The molecular weight excluding hydrogens is 404 g/mol. The summed E-state index contributed by atoms with van der Waals surface area (Å²) in [5.74, 6) is 0.756. The zero-order valence-electron chi connectivity index (χ0n) is 17.0. The number of ether oxygens (including phenoxy) is 2. The predicted molar refractivity (Wildman–Crippen MR) is 113 cm³/mol. The topological polar surface area (TPSA) is 84.9 Å². The second kappa shape index (κ2) is 8.65. The van der Waals surface area contributed by atoms with Crippen molar-refractivity contribution in [2.45, 2.75) is 31.1 Å². The minimum Gasteiger partial charge on any atom is -0.490 e. The van der Waals surface area contributed by atoms with Gasteiger partial charge in [-0.3, -0.25) is 4.79 Å². The first-order chi connectivity index (χ1) is 14.4. The normalized spacial score (nSPS) is 17.9. The van der Waals surface area contributed by atoms with Crippen LogP contribution in [0.15, 0.2) is 47.4 Å². The number of hydrogen-bond acceptors (Lipinski definition) is 5. The summed E-state index contributed by atoms with van der Waals surface area (Å²) in [6, 6.07) is 12.4. The average Bonchev–Trinajstić information content (AvgIpc) is 3.00. The van der Waals surface area contributed by atoms with Crippen LogP contribution in [0.5, 0.6) is 11.5 Å². The summed E-state index contributed by atoms with van der Waals surface area (Å²) in [6.07, 6.45) is 1.73. The van der Waals surface area contributed by atoms with E-state index in [9.17, 15) is 13.2 Å². The van der Waals surface area contributed by atoms with E-state index in [0.717, 1.165) is 17.7 Å². The summed E-state index contributed by atoms with van der Waals surface area (Å²) in [5.41, 5.74) is 1.88. The predicted octanol–water partition coefficient (Wildman–Crippen LogP) is 3.20. The number of benzene rings is 2. The van der Waals surface area contributed by atoms with Gasteiger partial charge in [0.2, 0.25) is 15.9 Å². The minimum atomic E-state index is -3.65. The highest BCUT2D eigenvalue weighted by molar-refractivity contribution is 7.89. The molecule has 1 N–H and O–H groups in total. The van der Waals surface area contributed by atoms with Crippen LogP contribution in [0.3, 0.4) is 0 Å². The second-order valence-corrected chi connectivity index (χ2v) is 9.63. The third-order valence-electron chi connectivity index (χ3n) is 5.50. The van der Waals surface area contributed by atoms with Crippen LogP contribution in [-0.2, 0) is 14.8 Å². The molecule has 1 amide bonds. The van der Waals surface area contributed by atoms with Gasteiger partial charge in [-0.2, -0.15) is 4.31 Å². The monoisotopic (exact) mass is 430 g/mol. The van der Waals surface area contributed by atoms with Crippen LogP contribution in [0.25, 0.3) is 0 Å². The number of fused-ring (bicyclic) bond motifs is 1. The molecule has 2 heterocycles. The highest BCUT2D eigenvalue weighted by Gasteiger charge is 2.32.